The van der Waals surface area contributed by atoms with Crippen molar-refractivity contribution in [2.24, 2.45) is 5.73 Å². The Bertz CT molecular complexity index is 436. The normalized spacial score (nSPS) is 12.1. The molecule has 0 aromatic heterocycles. The summed E-state index contributed by atoms with van der Waals surface area (Å²) in [5.41, 5.74) is 5.67. The quantitative estimate of drug-likeness (QED) is 0.645. The van der Waals surface area contributed by atoms with Crippen LogP contribution in [0, 0.1) is 10.1 Å². The monoisotopic (exact) mass is 288 g/mol. The Hall–Kier alpha value is -1.47. The lowest BCUT2D eigenvalue weighted by Gasteiger charge is -2.11. The van der Waals surface area contributed by atoms with Gasteiger partial charge in [-0.25, -0.2) is 0 Å². The van der Waals surface area contributed by atoms with Crippen LogP contribution in [0.1, 0.15) is 11.5 Å². The largest absolute Gasteiger partial charge is 0.481 e. The second kappa shape index (κ2) is 5.04. The topological polar surface area (TPSA) is 106 Å². The summed E-state index contributed by atoms with van der Waals surface area (Å²) >= 11 is 3.10. The standard InChI is InChI=1S/C9H9BrN2O4/c10-8-3-5(12(15)16)1-2-6(8)7(4-11)9(13)14/h1-3,7H,4,11H2,(H,13,14). The number of rotatable bonds is 4. The third-order valence-electron chi connectivity index (χ3n) is 2.10. The van der Waals surface area contributed by atoms with E-state index in [1.807, 2.05) is 0 Å². The molecule has 0 aliphatic rings. The molecule has 0 bridgehead atoms. The van der Waals surface area contributed by atoms with E-state index in [9.17, 15) is 14.9 Å². The molecule has 0 heterocycles. The minimum absolute atomic E-state index is 0.0637. The van der Waals surface area contributed by atoms with Gasteiger partial charge in [-0.3, -0.25) is 14.9 Å². The first-order chi connectivity index (χ1) is 7.47. The first-order valence-corrected chi connectivity index (χ1v) is 5.13. The van der Waals surface area contributed by atoms with Crippen LogP contribution in [0.2, 0.25) is 0 Å². The highest BCUT2D eigenvalue weighted by Gasteiger charge is 2.21. The van der Waals surface area contributed by atoms with E-state index in [1.165, 1.54) is 18.2 Å². The number of hydrogen-bond acceptors (Lipinski definition) is 4. The maximum absolute atomic E-state index is 10.9. The maximum Gasteiger partial charge on any atom is 0.312 e. The number of benzene rings is 1. The molecule has 1 atom stereocenters. The van der Waals surface area contributed by atoms with Crippen LogP contribution in [-0.2, 0) is 4.79 Å². The number of hydrogen-bond donors (Lipinski definition) is 2. The predicted molar refractivity (Wildman–Crippen MR) is 60.2 cm³/mol. The van der Waals surface area contributed by atoms with Crippen LogP contribution in [-0.4, -0.2) is 22.5 Å². The van der Waals surface area contributed by atoms with Crippen molar-refractivity contribution in [1.29, 1.82) is 0 Å². The van der Waals surface area contributed by atoms with Crippen LogP contribution in [0.5, 0.6) is 0 Å². The summed E-state index contributed by atoms with van der Waals surface area (Å²) in [5.74, 6) is -1.92. The van der Waals surface area contributed by atoms with Crippen LogP contribution in [0.25, 0.3) is 0 Å². The zero-order valence-corrected chi connectivity index (χ0v) is 9.68. The molecule has 86 valence electrons. The first kappa shape index (κ1) is 12.6. The Morgan fingerprint density at radius 2 is 2.25 bits per heavy atom. The van der Waals surface area contributed by atoms with Crippen molar-refractivity contribution >= 4 is 27.6 Å². The van der Waals surface area contributed by atoms with Crippen molar-refractivity contribution in [3.63, 3.8) is 0 Å². The van der Waals surface area contributed by atoms with Crippen LogP contribution in [0.15, 0.2) is 22.7 Å². The van der Waals surface area contributed by atoms with Crippen molar-refractivity contribution < 1.29 is 14.8 Å². The summed E-state index contributed by atoms with van der Waals surface area (Å²) in [6.45, 7) is -0.0637. The Morgan fingerprint density at radius 1 is 1.62 bits per heavy atom. The van der Waals surface area contributed by atoms with Gasteiger partial charge in [0.1, 0.15) is 0 Å². The molecule has 1 aromatic carbocycles. The molecule has 0 fully saturated rings. The zero-order chi connectivity index (χ0) is 12.3. The lowest BCUT2D eigenvalue weighted by atomic mass is 9.99. The summed E-state index contributed by atoms with van der Waals surface area (Å²) < 4.78 is 0.375. The van der Waals surface area contributed by atoms with E-state index in [0.717, 1.165) is 0 Å². The van der Waals surface area contributed by atoms with Gasteiger partial charge in [0.25, 0.3) is 5.69 Å². The summed E-state index contributed by atoms with van der Waals surface area (Å²) in [4.78, 5) is 20.8. The van der Waals surface area contributed by atoms with E-state index in [4.69, 9.17) is 10.8 Å². The fourth-order valence-corrected chi connectivity index (χ4v) is 1.92. The van der Waals surface area contributed by atoms with E-state index in [-0.39, 0.29) is 12.2 Å². The average molecular weight is 289 g/mol. The predicted octanol–water partition coefficient (Wildman–Crippen LogP) is 1.48. The Balaban J connectivity index is 3.16. The van der Waals surface area contributed by atoms with E-state index >= 15 is 0 Å². The number of carboxylic acids is 1. The van der Waals surface area contributed by atoms with Crippen LogP contribution in [0.3, 0.4) is 0 Å². The molecule has 0 radical (unpaired) electrons. The van der Waals surface area contributed by atoms with Crippen LogP contribution >= 0.6 is 15.9 Å². The smallest absolute Gasteiger partial charge is 0.312 e. The molecular formula is C9H9BrN2O4. The molecule has 0 amide bonds. The van der Waals surface area contributed by atoms with E-state index in [1.54, 1.807) is 0 Å². The number of nitro groups is 1. The van der Waals surface area contributed by atoms with E-state index in [0.29, 0.717) is 10.0 Å². The second-order valence-electron chi connectivity index (χ2n) is 3.09. The molecule has 0 aliphatic heterocycles. The maximum atomic E-state index is 10.9. The molecule has 0 saturated carbocycles. The molecule has 1 rings (SSSR count). The highest BCUT2D eigenvalue weighted by molar-refractivity contribution is 9.10. The third kappa shape index (κ3) is 2.56. The fourth-order valence-electron chi connectivity index (χ4n) is 1.27. The number of nitrogens with zero attached hydrogens (tertiary/aromatic N) is 1. The summed E-state index contributed by atoms with van der Waals surface area (Å²) in [6, 6.07) is 3.92. The fraction of sp³-hybridized carbons (Fsp3) is 0.222. The van der Waals surface area contributed by atoms with Gasteiger partial charge in [0.05, 0.1) is 10.8 Å². The molecule has 1 unspecified atom stereocenters. The summed E-state index contributed by atoms with van der Waals surface area (Å²) in [5, 5.41) is 19.4. The van der Waals surface area contributed by atoms with Gasteiger partial charge in [0, 0.05) is 23.2 Å². The van der Waals surface area contributed by atoms with Crippen molar-refractivity contribution in [2.45, 2.75) is 5.92 Å². The molecule has 0 spiro atoms. The van der Waals surface area contributed by atoms with Crippen LogP contribution in [0.4, 0.5) is 5.69 Å². The van der Waals surface area contributed by atoms with Gasteiger partial charge in [-0.05, 0) is 5.56 Å². The van der Waals surface area contributed by atoms with E-state index in [2.05, 4.69) is 15.9 Å². The molecule has 3 N–H and O–H groups in total. The number of carbonyl (C=O) groups is 1. The SMILES string of the molecule is NCC(C(=O)O)c1ccc([N+](=O)[O-])cc1Br. The summed E-state index contributed by atoms with van der Waals surface area (Å²) in [7, 11) is 0. The number of aliphatic carboxylic acids is 1. The van der Waals surface area contributed by atoms with Gasteiger partial charge >= 0.3 is 5.97 Å². The molecule has 1 aromatic rings. The van der Waals surface area contributed by atoms with Crippen molar-refractivity contribution in [3.8, 4) is 0 Å². The lowest BCUT2D eigenvalue weighted by Crippen LogP contribution is -2.21. The van der Waals surface area contributed by atoms with Gasteiger partial charge in [-0.2, -0.15) is 0 Å². The van der Waals surface area contributed by atoms with Gasteiger partial charge in [0.15, 0.2) is 0 Å². The molecule has 6 nitrogen and oxygen atoms in total. The molecule has 7 heteroatoms. The Kier molecular flexibility index (Phi) is 3.97. The number of non-ortho nitro benzene ring substituents is 1. The van der Waals surface area contributed by atoms with Crippen molar-refractivity contribution in [3.05, 3.63) is 38.3 Å². The van der Waals surface area contributed by atoms with Gasteiger partial charge in [-0.15, -0.1) is 0 Å². The zero-order valence-electron chi connectivity index (χ0n) is 8.09. The molecule has 16 heavy (non-hydrogen) atoms. The van der Waals surface area contributed by atoms with Crippen molar-refractivity contribution in [1.82, 2.24) is 0 Å². The second-order valence-corrected chi connectivity index (χ2v) is 3.94. The van der Waals surface area contributed by atoms with Gasteiger partial charge in [-0.1, -0.05) is 22.0 Å². The average Bonchev–Trinajstić information content (AvgIpc) is 2.20. The minimum Gasteiger partial charge on any atom is -0.481 e. The van der Waals surface area contributed by atoms with E-state index < -0.39 is 16.8 Å². The highest BCUT2D eigenvalue weighted by Crippen LogP contribution is 2.28. The van der Waals surface area contributed by atoms with Gasteiger partial charge in [0.2, 0.25) is 0 Å². The Labute approximate surface area is 99.3 Å². The number of nitro benzene ring substituents is 1. The Morgan fingerprint density at radius 3 is 2.62 bits per heavy atom. The number of nitrogens with two attached hydrogens (primary N) is 1. The lowest BCUT2D eigenvalue weighted by molar-refractivity contribution is -0.384. The van der Waals surface area contributed by atoms with Crippen molar-refractivity contribution in [2.75, 3.05) is 6.54 Å². The third-order valence-corrected chi connectivity index (χ3v) is 2.79. The number of halogens is 1. The molecule has 0 saturated heterocycles. The van der Waals surface area contributed by atoms with Gasteiger partial charge < -0.3 is 10.8 Å². The number of carboxylic acid groups (broad SMARTS) is 1. The van der Waals surface area contributed by atoms with Crippen LogP contribution < -0.4 is 5.73 Å². The highest BCUT2D eigenvalue weighted by atomic mass is 79.9. The molecule has 0 aliphatic carbocycles. The first-order valence-electron chi connectivity index (χ1n) is 4.34. The summed E-state index contributed by atoms with van der Waals surface area (Å²) in [6.07, 6.45) is 0. The molecular weight excluding hydrogens is 280 g/mol. The minimum atomic E-state index is -1.06.